The van der Waals surface area contributed by atoms with Gasteiger partial charge in [0, 0.05) is 18.2 Å². The lowest BCUT2D eigenvalue weighted by Gasteiger charge is -2.12. The van der Waals surface area contributed by atoms with E-state index in [1.54, 1.807) is 19.1 Å². The molecule has 0 bridgehead atoms. The quantitative estimate of drug-likeness (QED) is 0.569. The first-order valence-corrected chi connectivity index (χ1v) is 4.43. The fourth-order valence-corrected chi connectivity index (χ4v) is 1.78. The van der Waals surface area contributed by atoms with Crippen molar-refractivity contribution < 1.29 is 10.2 Å². The fraction of sp³-hybridized carbons (Fsp3) is 0.400. The second kappa shape index (κ2) is 2.92. The summed E-state index contributed by atoms with van der Waals surface area (Å²) in [6, 6.07) is 5.20. The number of benzene rings is 1. The third-order valence-electron chi connectivity index (χ3n) is 2.53. The molecule has 2 atom stereocenters. The van der Waals surface area contributed by atoms with Crippen LogP contribution in [0.25, 0.3) is 0 Å². The van der Waals surface area contributed by atoms with E-state index in [1.807, 2.05) is 6.07 Å². The maximum Gasteiger partial charge on any atom is 0.116 e. The molecule has 1 aromatic carbocycles. The molecule has 0 aliphatic carbocycles. The highest BCUT2D eigenvalue weighted by molar-refractivity contribution is 5.60. The minimum absolute atomic E-state index is 0.0992. The second-order valence-corrected chi connectivity index (χ2v) is 3.50. The van der Waals surface area contributed by atoms with Crippen LogP contribution in [-0.4, -0.2) is 22.9 Å². The van der Waals surface area contributed by atoms with Crippen LogP contribution < -0.4 is 5.32 Å². The van der Waals surface area contributed by atoms with Crippen LogP contribution in [0.3, 0.4) is 0 Å². The van der Waals surface area contributed by atoms with Gasteiger partial charge in [-0.2, -0.15) is 0 Å². The van der Waals surface area contributed by atoms with E-state index in [-0.39, 0.29) is 17.8 Å². The summed E-state index contributed by atoms with van der Waals surface area (Å²) in [5.41, 5.74) is 2.03. The van der Waals surface area contributed by atoms with Gasteiger partial charge < -0.3 is 15.5 Å². The van der Waals surface area contributed by atoms with Gasteiger partial charge in [0.15, 0.2) is 0 Å². The van der Waals surface area contributed by atoms with Crippen molar-refractivity contribution in [3.8, 4) is 5.75 Å². The van der Waals surface area contributed by atoms with Crippen molar-refractivity contribution in [1.29, 1.82) is 0 Å². The highest BCUT2D eigenvalue weighted by Gasteiger charge is 2.25. The number of fused-ring (bicyclic) bond motifs is 1. The zero-order valence-electron chi connectivity index (χ0n) is 7.49. The molecule has 3 N–H and O–H groups in total. The van der Waals surface area contributed by atoms with Gasteiger partial charge in [-0.05, 0) is 30.7 Å². The van der Waals surface area contributed by atoms with Crippen molar-refractivity contribution in [3.63, 3.8) is 0 Å². The number of anilines is 1. The molecule has 0 amide bonds. The van der Waals surface area contributed by atoms with Gasteiger partial charge in [0.2, 0.25) is 0 Å². The van der Waals surface area contributed by atoms with Gasteiger partial charge in [0.25, 0.3) is 0 Å². The van der Waals surface area contributed by atoms with E-state index in [0.717, 1.165) is 17.8 Å². The molecule has 1 aromatic rings. The smallest absolute Gasteiger partial charge is 0.116 e. The summed E-state index contributed by atoms with van der Waals surface area (Å²) in [5.74, 6) is 0.357. The maximum atomic E-state index is 9.47. The zero-order valence-corrected chi connectivity index (χ0v) is 7.49. The summed E-state index contributed by atoms with van der Waals surface area (Å²) in [5, 5.41) is 21.9. The Morgan fingerprint density at radius 2 is 2.31 bits per heavy atom. The number of aliphatic hydroxyl groups excluding tert-OH is 1. The first kappa shape index (κ1) is 8.38. The molecule has 13 heavy (non-hydrogen) atoms. The number of nitrogens with one attached hydrogen (secondary N) is 1. The molecule has 0 spiro atoms. The van der Waals surface area contributed by atoms with Crippen molar-refractivity contribution in [3.05, 3.63) is 23.8 Å². The number of hydrogen-bond donors (Lipinski definition) is 3. The molecule has 1 aliphatic heterocycles. The molecule has 3 nitrogen and oxygen atoms in total. The van der Waals surface area contributed by atoms with Crippen LogP contribution in [-0.2, 0) is 0 Å². The molecule has 70 valence electrons. The van der Waals surface area contributed by atoms with Gasteiger partial charge in [-0.3, -0.25) is 0 Å². The van der Waals surface area contributed by atoms with E-state index in [0.29, 0.717) is 0 Å². The third-order valence-corrected chi connectivity index (χ3v) is 2.53. The fourth-order valence-electron chi connectivity index (χ4n) is 1.78. The van der Waals surface area contributed by atoms with Crippen LogP contribution in [0.1, 0.15) is 18.4 Å². The molecule has 0 aromatic heterocycles. The summed E-state index contributed by atoms with van der Waals surface area (Å²) in [4.78, 5) is 0. The van der Waals surface area contributed by atoms with Crippen molar-refractivity contribution >= 4 is 5.69 Å². The minimum atomic E-state index is -0.379. The topological polar surface area (TPSA) is 52.5 Å². The van der Waals surface area contributed by atoms with Crippen molar-refractivity contribution in [2.75, 3.05) is 11.9 Å². The molecule has 3 heteroatoms. The minimum Gasteiger partial charge on any atom is -0.508 e. The lowest BCUT2D eigenvalue weighted by Crippen LogP contribution is -2.16. The molecule has 0 radical (unpaired) electrons. The van der Waals surface area contributed by atoms with Crippen LogP contribution >= 0.6 is 0 Å². The molecule has 2 unspecified atom stereocenters. The molecular formula is C10H13NO2. The molecule has 0 saturated carbocycles. The predicted octanol–water partition coefficient (Wildman–Crippen LogP) is 1.28. The molecule has 0 saturated heterocycles. The Hall–Kier alpha value is -1.22. The number of aliphatic hydroxyl groups is 1. The first-order valence-electron chi connectivity index (χ1n) is 4.43. The lowest BCUT2D eigenvalue weighted by atomic mass is 9.96. The van der Waals surface area contributed by atoms with Gasteiger partial charge in [0.1, 0.15) is 5.75 Å². The molecule has 2 rings (SSSR count). The number of phenols is 1. The van der Waals surface area contributed by atoms with Crippen LogP contribution in [0, 0.1) is 0 Å². The summed E-state index contributed by atoms with van der Waals surface area (Å²) < 4.78 is 0. The van der Waals surface area contributed by atoms with Gasteiger partial charge >= 0.3 is 0 Å². The summed E-state index contributed by atoms with van der Waals surface area (Å²) in [7, 11) is 0. The van der Waals surface area contributed by atoms with E-state index in [4.69, 9.17) is 0 Å². The maximum absolute atomic E-state index is 9.47. The van der Waals surface area contributed by atoms with Gasteiger partial charge in [-0.1, -0.05) is 0 Å². The Morgan fingerprint density at radius 1 is 1.54 bits per heavy atom. The largest absolute Gasteiger partial charge is 0.508 e. The molecule has 1 heterocycles. The molecular weight excluding hydrogens is 166 g/mol. The normalized spacial score (nSPS) is 22.2. The highest BCUT2D eigenvalue weighted by Crippen LogP contribution is 2.35. The second-order valence-electron chi connectivity index (χ2n) is 3.50. The first-order chi connectivity index (χ1) is 6.18. The van der Waals surface area contributed by atoms with E-state index < -0.39 is 0 Å². The Balaban J connectivity index is 2.40. The Morgan fingerprint density at radius 3 is 3.00 bits per heavy atom. The van der Waals surface area contributed by atoms with Crippen molar-refractivity contribution in [1.82, 2.24) is 0 Å². The summed E-state index contributed by atoms with van der Waals surface area (Å²) >= 11 is 0. The number of aromatic hydroxyl groups is 1. The number of phenolic OH excluding ortho intramolecular Hbond substituents is 1. The lowest BCUT2D eigenvalue weighted by molar-refractivity contribution is 0.169. The number of hydrogen-bond acceptors (Lipinski definition) is 3. The van der Waals surface area contributed by atoms with Gasteiger partial charge in [-0.15, -0.1) is 0 Å². The van der Waals surface area contributed by atoms with E-state index in [1.165, 1.54) is 0 Å². The average molecular weight is 179 g/mol. The Bertz CT molecular complexity index is 323. The third kappa shape index (κ3) is 1.35. The molecule has 1 aliphatic rings. The number of rotatable bonds is 1. The Labute approximate surface area is 77.0 Å². The van der Waals surface area contributed by atoms with Gasteiger partial charge in [0.05, 0.1) is 6.10 Å². The van der Waals surface area contributed by atoms with Crippen molar-refractivity contribution in [2.24, 2.45) is 0 Å². The van der Waals surface area contributed by atoms with Crippen LogP contribution in [0.5, 0.6) is 5.75 Å². The van der Waals surface area contributed by atoms with Crippen LogP contribution in [0.15, 0.2) is 18.2 Å². The molecule has 0 fully saturated rings. The summed E-state index contributed by atoms with van der Waals surface area (Å²) in [6.45, 7) is 2.52. The van der Waals surface area contributed by atoms with E-state index in [2.05, 4.69) is 5.32 Å². The summed E-state index contributed by atoms with van der Waals surface area (Å²) in [6.07, 6.45) is -0.379. The standard InChI is InChI=1S/C10H13NO2/c1-6(12)9-5-11-10-3-2-7(13)4-8(9)10/h2-4,6,9,11-13H,5H2,1H3. The van der Waals surface area contributed by atoms with E-state index >= 15 is 0 Å². The monoisotopic (exact) mass is 179 g/mol. The van der Waals surface area contributed by atoms with Gasteiger partial charge in [-0.25, -0.2) is 0 Å². The van der Waals surface area contributed by atoms with Crippen LogP contribution in [0.2, 0.25) is 0 Å². The van der Waals surface area contributed by atoms with E-state index in [9.17, 15) is 10.2 Å². The SMILES string of the molecule is CC(O)C1CNc2ccc(O)cc21. The zero-order chi connectivity index (χ0) is 9.42. The Kier molecular flexibility index (Phi) is 1.88. The van der Waals surface area contributed by atoms with Crippen LogP contribution in [0.4, 0.5) is 5.69 Å². The van der Waals surface area contributed by atoms with Crippen molar-refractivity contribution in [2.45, 2.75) is 18.9 Å². The highest BCUT2D eigenvalue weighted by atomic mass is 16.3. The average Bonchev–Trinajstić information content (AvgIpc) is 2.46. The predicted molar refractivity (Wildman–Crippen MR) is 51.0 cm³/mol.